The van der Waals surface area contributed by atoms with E-state index in [0.29, 0.717) is 18.1 Å². The molecule has 0 atom stereocenters. The predicted molar refractivity (Wildman–Crippen MR) is 83.4 cm³/mol. The van der Waals surface area contributed by atoms with Gasteiger partial charge >= 0.3 is 0 Å². The molecule has 0 unspecified atom stereocenters. The fraction of sp³-hybridized carbons (Fsp3) is 0.167. The van der Waals surface area contributed by atoms with Crippen LogP contribution in [0.1, 0.15) is 27.9 Å². The predicted octanol–water partition coefficient (Wildman–Crippen LogP) is 3.86. The molecule has 108 valence electrons. The molecule has 2 aromatic carbocycles. The Morgan fingerprint density at radius 1 is 1.09 bits per heavy atom. The van der Waals surface area contributed by atoms with Crippen LogP contribution in [0, 0.1) is 6.92 Å². The number of hydrogen-bond donors (Lipinski definition) is 0. The lowest BCUT2D eigenvalue weighted by molar-refractivity contribution is 0.0994. The van der Waals surface area contributed by atoms with E-state index in [1.807, 2.05) is 43.3 Å². The van der Waals surface area contributed by atoms with E-state index in [-0.39, 0.29) is 5.78 Å². The van der Waals surface area contributed by atoms with Crippen LogP contribution in [0.4, 0.5) is 0 Å². The Balaban J connectivity index is 1.77. The first kappa shape index (κ1) is 13.0. The molecule has 22 heavy (non-hydrogen) atoms. The highest BCUT2D eigenvalue weighted by atomic mass is 16.5. The lowest BCUT2D eigenvalue weighted by Crippen LogP contribution is -1.95. The topological polar surface area (TPSA) is 52.1 Å². The Kier molecular flexibility index (Phi) is 2.89. The summed E-state index contributed by atoms with van der Waals surface area (Å²) in [4.78, 5) is 20.2. The van der Waals surface area contributed by atoms with Crippen LogP contribution in [0.3, 0.4) is 0 Å². The van der Waals surface area contributed by atoms with E-state index in [2.05, 4.69) is 9.97 Å². The van der Waals surface area contributed by atoms with Gasteiger partial charge in [-0.05, 0) is 48.7 Å². The van der Waals surface area contributed by atoms with E-state index >= 15 is 0 Å². The molecule has 1 heterocycles. The van der Waals surface area contributed by atoms with Crippen molar-refractivity contribution in [3.63, 3.8) is 0 Å². The molecule has 1 aliphatic rings. The zero-order valence-corrected chi connectivity index (χ0v) is 12.2. The SMILES string of the molecule is Cc1cccc2ncnc(Oc3ccc4c(c3)CCC4=O)c12. The Bertz CT molecular complexity index is 897. The molecule has 0 fully saturated rings. The second-order valence-corrected chi connectivity index (χ2v) is 5.49. The van der Waals surface area contributed by atoms with Crippen molar-refractivity contribution in [2.45, 2.75) is 19.8 Å². The van der Waals surface area contributed by atoms with E-state index in [4.69, 9.17) is 4.74 Å². The van der Waals surface area contributed by atoms with Crippen molar-refractivity contribution < 1.29 is 9.53 Å². The van der Waals surface area contributed by atoms with Crippen LogP contribution < -0.4 is 4.74 Å². The minimum Gasteiger partial charge on any atom is -0.438 e. The van der Waals surface area contributed by atoms with Crippen molar-refractivity contribution in [1.29, 1.82) is 0 Å². The van der Waals surface area contributed by atoms with Crippen molar-refractivity contribution in [2.24, 2.45) is 0 Å². The van der Waals surface area contributed by atoms with Crippen LogP contribution in [0.5, 0.6) is 11.6 Å². The summed E-state index contributed by atoms with van der Waals surface area (Å²) in [5.41, 5.74) is 3.81. The van der Waals surface area contributed by atoms with Gasteiger partial charge < -0.3 is 4.74 Å². The van der Waals surface area contributed by atoms with Crippen LogP contribution in [0.2, 0.25) is 0 Å². The van der Waals surface area contributed by atoms with E-state index < -0.39 is 0 Å². The number of hydrogen-bond acceptors (Lipinski definition) is 4. The average molecular weight is 290 g/mol. The summed E-state index contributed by atoms with van der Waals surface area (Å²) < 4.78 is 5.97. The Morgan fingerprint density at radius 2 is 2.00 bits per heavy atom. The van der Waals surface area contributed by atoms with E-state index in [9.17, 15) is 4.79 Å². The van der Waals surface area contributed by atoms with Crippen LogP contribution in [0.15, 0.2) is 42.7 Å². The van der Waals surface area contributed by atoms with Crippen molar-refractivity contribution in [3.8, 4) is 11.6 Å². The molecule has 0 bridgehead atoms. The van der Waals surface area contributed by atoms with Crippen LogP contribution in [-0.2, 0) is 6.42 Å². The molecule has 4 nitrogen and oxygen atoms in total. The lowest BCUT2D eigenvalue weighted by atomic mass is 10.1. The minimum atomic E-state index is 0.213. The molecule has 0 saturated heterocycles. The highest BCUT2D eigenvalue weighted by Gasteiger charge is 2.20. The number of aromatic nitrogens is 2. The number of nitrogens with zero attached hydrogens (tertiary/aromatic N) is 2. The van der Waals surface area contributed by atoms with E-state index in [1.54, 1.807) is 0 Å². The van der Waals surface area contributed by atoms with Crippen LogP contribution in [0.25, 0.3) is 10.9 Å². The van der Waals surface area contributed by atoms with Gasteiger partial charge in [-0.15, -0.1) is 0 Å². The van der Waals surface area contributed by atoms with Crippen LogP contribution in [-0.4, -0.2) is 15.8 Å². The van der Waals surface area contributed by atoms with Gasteiger partial charge in [0.15, 0.2) is 5.78 Å². The first-order valence-corrected chi connectivity index (χ1v) is 7.27. The number of benzene rings is 2. The van der Waals surface area contributed by atoms with Crippen molar-refractivity contribution >= 4 is 16.7 Å². The first-order valence-electron chi connectivity index (χ1n) is 7.27. The van der Waals surface area contributed by atoms with Gasteiger partial charge in [-0.1, -0.05) is 12.1 Å². The molecule has 4 rings (SSSR count). The summed E-state index contributed by atoms with van der Waals surface area (Å²) in [6.07, 6.45) is 2.89. The summed E-state index contributed by atoms with van der Waals surface area (Å²) in [6, 6.07) is 11.5. The Labute approximate surface area is 127 Å². The summed E-state index contributed by atoms with van der Waals surface area (Å²) >= 11 is 0. The molecule has 1 aliphatic carbocycles. The molecule has 0 aliphatic heterocycles. The second kappa shape index (κ2) is 4.91. The minimum absolute atomic E-state index is 0.213. The normalized spacial score (nSPS) is 13.4. The van der Waals surface area contributed by atoms with E-state index in [1.165, 1.54) is 6.33 Å². The maximum atomic E-state index is 11.7. The van der Waals surface area contributed by atoms with Gasteiger partial charge in [0.05, 0.1) is 10.9 Å². The number of ketones is 1. The van der Waals surface area contributed by atoms with Crippen molar-refractivity contribution in [1.82, 2.24) is 9.97 Å². The number of carbonyl (C=O) groups is 1. The number of fused-ring (bicyclic) bond motifs is 2. The standard InChI is InChI=1S/C18H14N2O2/c1-11-3-2-4-15-17(11)18(20-10-19-15)22-13-6-7-14-12(9-13)5-8-16(14)21/h2-4,6-7,9-10H,5,8H2,1H3. The zero-order chi connectivity index (χ0) is 15.1. The molecule has 1 aromatic heterocycles. The zero-order valence-electron chi connectivity index (χ0n) is 12.2. The molecule has 4 heteroatoms. The largest absolute Gasteiger partial charge is 0.438 e. The summed E-state index contributed by atoms with van der Waals surface area (Å²) in [5, 5.41) is 0.918. The van der Waals surface area contributed by atoms with Crippen LogP contribution >= 0.6 is 0 Å². The fourth-order valence-electron chi connectivity index (χ4n) is 2.93. The summed E-state index contributed by atoms with van der Waals surface area (Å²) in [6.45, 7) is 2.01. The fourth-order valence-corrected chi connectivity index (χ4v) is 2.93. The maximum Gasteiger partial charge on any atom is 0.230 e. The number of ether oxygens (including phenoxy) is 1. The number of rotatable bonds is 2. The molecule has 0 spiro atoms. The number of aryl methyl sites for hydroxylation is 2. The van der Waals surface area contributed by atoms with Gasteiger partial charge in [-0.3, -0.25) is 4.79 Å². The number of Topliss-reactive ketones (excluding diaryl/α,β-unsaturated/α-hetero) is 1. The van der Waals surface area contributed by atoms with Gasteiger partial charge in [-0.2, -0.15) is 0 Å². The third-order valence-corrected chi connectivity index (χ3v) is 4.05. The highest BCUT2D eigenvalue weighted by molar-refractivity contribution is 6.00. The Hall–Kier alpha value is -2.75. The van der Waals surface area contributed by atoms with Crippen molar-refractivity contribution in [2.75, 3.05) is 0 Å². The molecule has 0 N–H and O–H groups in total. The monoisotopic (exact) mass is 290 g/mol. The third-order valence-electron chi connectivity index (χ3n) is 4.05. The highest BCUT2D eigenvalue weighted by Crippen LogP contribution is 2.32. The smallest absolute Gasteiger partial charge is 0.230 e. The van der Waals surface area contributed by atoms with E-state index in [0.717, 1.165) is 34.0 Å². The summed E-state index contributed by atoms with van der Waals surface area (Å²) in [5.74, 6) is 1.47. The third kappa shape index (κ3) is 2.04. The molecular formula is C18H14N2O2. The molecule has 0 saturated carbocycles. The van der Waals surface area contributed by atoms with Gasteiger partial charge in [-0.25, -0.2) is 9.97 Å². The van der Waals surface area contributed by atoms with Gasteiger partial charge in [0, 0.05) is 12.0 Å². The van der Waals surface area contributed by atoms with Gasteiger partial charge in [0.2, 0.25) is 5.88 Å². The maximum absolute atomic E-state index is 11.7. The molecule has 0 radical (unpaired) electrons. The summed E-state index contributed by atoms with van der Waals surface area (Å²) in [7, 11) is 0. The van der Waals surface area contributed by atoms with Gasteiger partial charge in [0.1, 0.15) is 12.1 Å². The first-order chi connectivity index (χ1) is 10.7. The number of carbonyl (C=O) groups excluding carboxylic acids is 1. The molecular weight excluding hydrogens is 276 g/mol. The molecule has 0 amide bonds. The Morgan fingerprint density at radius 3 is 2.91 bits per heavy atom. The van der Waals surface area contributed by atoms with Crippen molar-refractivity contribution in [3.05, 3.63) is 59.4 Å². The van der Waals surface area contributed by atoms with Gasteiger partial charge in [0.25, 0.3) is 0 Å². The molecule has 3 aromatic rings. The average Bonchev–Trinajstić information content (AvgIpc) is 2.89. The second-order valence-electron chi connectivity index (χ2n) is 5.49. The quantitative estimate of drug-likeness (QED) is 0.719. The lowest BCUT2D eigenvalue weighted by Gasteiger charge is -2.10.